The Balaban J connectivity index is 5.41. The molecule has 0 amide bonds. The summed E-state index contributed by atoms with van der Waals surface area (Å²) >= 11 is 0. The normalized spacial score (nSPS) is 14.7. The van der Waals surface area contributed by atoms with Gasteiger partial charge in [0, 0.05) is 25.7 Å². The molecule has 0 rings (SSSR count). The number of unbranched alkanes of at least 4 members (excludes halogenated alkanes) is 21. The van der Waals surface area contributed by atoms with E-state index in [1.54, 1.807) is 0 Å². The summed E-state index contributed by atoms with van der Waals surface area (Å²) in [6, 6.07) is 0. The molecule has 0 aromatic rings. The van der Waals surface area contributed by atoms with Gasteiger partial charge in [-0.05, 0) is 148 Å². The molecule has 0 heterocycles. The van der Waals surface area contributed by atoms with Crippen LogP contribution in [0.25, 0.3) is 0 Å². The number of carbonyl (C=O) groups excluding carboxylic acids is 4. The molecule has 0 aromatic heterocycles. The zero-order valence-corrected chi connectivity index (χ0v) is 62.7. The maximum atomic E-state index is 13.1. The van der Waals surface area contributed by atoms with Crippen LogP contribution in [0.2, 0.25) is 0 Å². The van der Waals surface area contributed by atoms with E-state index in [0.29, 0.717) is 32.1 Å². The summed E-state index contributed by atoms with van der Waals surface area (Å²) in [5.74, 6) is -2.27. The van der Waals surface area contributed by atoms with E-state index < -0.39 is 97.5 Å². The number of aliphatic hydroxyl groups is 1. The molecule has 3 N–H and O–H groups in total. The zero-order chi connectivity index (χ0) is 71.8. The van der Waals surface area contributed by atoms with Gasteiger partial charge in [-0.1, -0.05) is 245 Å². The lowest BCUT2D eigenvalue weighted by Gasteiger charge is -2.21. The van der Waals surface area contributed by atoms with Crippen molar-refractivity contribution in [2.75, 3.05) is 39.6 Å². The predicted octanol–water partition coefficient (Wildman–Crippen LogP) is 21.3. The van der Waals surface area contributed by atoms with Crippen LogP contribution in [0, 0.1) is 0 Å². The van der Waals surface area contributed by atoms with Crippen molar-refractivity contribution >= 4 is 39.5 Å². The van der Waals surface area contributed by atoms with E-state index in [9.17, 15) is 43.2 Å². The van der Waals surface area contributed by atoms with Crippen molar-refractivity contribution in [2.24, 2.45) is 0 Å². The van der Waals surface area contributed by atoms with Crippen LogP contribution in [0.1, 0.15) is 285 Å². The summed E-state index contributed by atoms with van der Waals surface area (Å²) in [6.07, 6.45) is 77.4. The molecule has 0 fully saturated rings. The van der Waals surface area contributed by atoms with E-state index >= 15 is 0 Å². The molecule has 0 aliphatic rings. The number of rotatable bonds is 69. The highest BCUT2D eigenvalue weighted by molar-refractivity contribution is 7.47. The topological polar surface area (TPSA) is 237 Å². The SMILES string of the molecule is CC/C=C\C/C=C\C/C=C\C/C=C\CCCCC(=O)OC(COC(=O)CCCCCCCCC/C=C\C/C=C\C/C=C\CC)COP(=O)(O)OCC(O)COP(=O)(O)OCC(COC(=O)CCCCCCC/C=C\C/C=C\CCC)OC(=O)CCCCCCC/C=C\C/C=C\CCC. The first-order valence-corrected chi connectivity index (χ1v) is 40.4. The Kier molecular flexibility index (Phi) is 67.2. The Morgan fingerprint density at radius 1 is 0.296 bits per heavy atom. The van der Waals surface area contributed by atoms with Crippen molar-refractivity contribution < 1.29 is 80.2 Å². The molecule has 0 saturated heterocycles. The van der Waals surface area contributed by atoms with Gasteiger partial charge in [-0.2, -0.15) is 0 Å². The highest BCUT2D eigenvalue weighted by Crippen LogP contribution is 2.45. The Morgan fingerprint density at radius 2 is 0.531 bits per heavy atom. The van der Waals surface area contributed by atoms with E-state index in [4.69, 9.17) is 37.0 Å². The molecule has 98 heavy (non-hydrogen) atoms. The van der Waals surface area contributed by atoms with Crippen LogP contribution in [-0.2, 0) is 65.4 Å². The van der Waals surface area contributed by atoms with Gasteiger partial charge >= 0.3 is 39.5 Å². The van der Waals surface area contributed by atoms with Crippen LogP contribution in [-0.4, -0.2) is 96.7 Å². The van der Waals surface area contributed by atoms with Crippen molar-refractivity contribution in [3.8, 4) is 0 Å². The van der Waals surface area contributed by atoms with E-state index in [-0.39, 0.29) is 25.7 Å². The molecule has 560 valence electrons. The van der Waals surface area contributed by atoms with E-state index in [1.807, 2.05) is 0 Å². The van der Waals surface area contributed by atoms with E-state index in [2.05, 4.69) is 161 Å². The maximum absolute atomic E-state index is 13.1. The summed E-state index contributed by atoms with van der Waals surface area (Å²) in [5.41, 5.74) is 0. The number of ether oxygens (including phenoxy) is 4. The number of hydrogen-bond acceptors (Lipinski definition) is 15. The molecule has 5 unspecified atom stereocenters. The summed E-state index contributed by atoms with van der Waals surface area (Å²) in [5, 5.41) is 10.6. The summed E-state index contributed by atoms with van der Waals surface area (Å²) in [6.45, 7) is 4.41. The molecule has 17 nitrogen and oxygen atoms in total. The second kappa shape index (κ2) is 70.6. The molecule has 0 spiro atoms. The van der Waals surface area contributed by atoms with Crippen LogP contribution in [0.4, 0.5) is 0 Å². The number of allylic oxidation sites excluding steroid dienone is 22. The van der Waals surface area contributed by atoms with Crippen LogP contribution in [0.3, 0.4) is 0 Å². The van der Waals surface area contributed by atoms with Crippen molar-refractivity contribution in [1.29, 1.82) is 0 Å². The maximum Gasteiger partial charge on any atom is 0.472 e. The fraction of sp³-hybridized carbons (Fsp3) is 0.671. The molecular weight excluding hydrogens is 1280 g/mol. The average Bonchev–Trinajstić information content (AvgIpc) is 1.02. The van der Waals surface area contributed by atoms with Gasteiger partial charge in [0.1, 0.15) is 19.3 Å². The molecule has 0 aromatic carbocycles. The second-order valence-corrected chi connectivity index (χ2v) is 27.4. The summed E-state index contributed by atoms with van der Waals surface area (Å²) in [7, 11) is -9.98. The molecule has 0 bridgehead atoms. The fourth-order valence-electron chi connectivity index (χ4n) is 9.42. The fourth-order valence-corrected chi connectivity index (χ4v) is 11.0. The zero-order valence-electron chi connectivity index (χ0n) is 60.9. The van der Waals surface area contributed by atoms with Crippen molar-refractivity contribution in [1.82, 2.24) is 0 Å². The molecule has 0 aliphatic carbocycles. The van der Waals surface area contributed by atoms with Crippen molar-refractivity contribution in [2.45, 2.75) is 303 Å². The van der Waals surface area contributed by atoms with Crippen molar-refractivity contribution in [3.05, 3.63) is 134 Å². The Bertz CT molecular complexity index is 2380. The quantitative estimate of drug-likeness (QED) is 0.0169. The van der Waals surface area contributed by atoms with Gasteiger partial charge in [0.15, 0.2) is 12.2 Å². The molecule has 19 heteroatoms. The summed E-state index contributed by atoms with van der Waals surface area (Å²) in [4.78, 5) is 72.8. The monoisotopic (exact) mass is 1410 g/mol. The minimum absolute atomic E-state index is 0.0366. The van der Waals surface area contributed by atoms with Gasteiger partial charge in [-0.15, -0.1) is 0 Å². The average molecular weight is 1420 g/mol. The van der Waals surface area contributed by atoms with E-state index in [0.717, 1.165) is 199 Å². The van der Waals surface area contributed by atoms with Gasteiger partial charge in [-0.3, -0.25) is 37.3 Å². The third kappa shape index (κ3) is 69.7. The standard InChI is InChI=1S/C79H132O17P2/c1-5-9-13-17-21-25-29-33-35-36-38-41-44-48-52-56-60-64-77(82)90-70-75(96-79(84)66-62-58-54-50-46-42-37-34-30-26-22-18-14-10-6-2)72-94-98(87,88)92-68-73(80)67-91-97(85,86)93-71-74(95-78(83)65-61-57-53-49-45-40-32-28-24-20-16-12-8-4)69-89-76(81)63-59-55-51-47-43-39-31-27-23-19-15-11-7-3/h9-10,13-16,19-22,25-28,31-35,37,46,50,73-75,80H,5-8,11-12,17-18,23-24,29-30,36,38-45,47-49,51-72H2,1-4H3,(H,85,86)(H,87,88)/b13-9-,14-10-,19-15-,20-16-,25-21-,26-22-,31-27-,32-28-,35-33-,37-34-,50-46-. The van der Waals surface area contributed by atoms with Crippen LogP contribution >= 0.6 is 15.6 Å². The first-order valence-electron chi connectivity index (χ1n) is 37.4. The third-order valence-corrected chi connectivity index (χ3v) is 16.9. The van der Waals surface area contributed by atoms with Crippen LogP contribution in [0.15, 0.2) is 134 Å². The highest BCUT2D eigenvalue weighted by atomic mass is 31.2. The molecular formula is C79H132O17P2. The van der Waals surface area contributed by atoms with Crippen LogP contribution < -0.4 is 0 Å². The van der Waals surface area contributed by atoms with Gasteiger partial charge in [0.25, 0.3) is 0 Å². The van der Waals surface area contributed by atoms with Crippen molar-refractivity contribution in [3.63, 3.8) is 0 Å². The Hall–Kier alpha value is -4.80. The van der Waals surface area contributed by atoms with Gasteiger partial charge in [0.05, 0.1) is 26.4 Å². The second-order valence-electron chi connectivity index (χ2n) is 24.5. The lowest BCUT2D eigenvalue weighted by Crippen LogP contribution is -2.30. The van der Waals surface area contributed by atoms with Gasteiger partial charge in [-0.25, -0.2) is 9.13 Å². The van der Waals surface area contributed by atoms with Gasteiger partial charge < -0.3 is 33.8 Å². The third-order valence-electron chi connectivity index (χ3n) is 15.0. The summed E-state index contributed by atoms with van der Waals surface area (Å²) < 4.78 is 68.3. The number of carbonyl (C=O) groups is 4. The number of hydrogen-bond donors (Lipinski definition) is 3. The van der Waals surface area contributed by atoms with Gasteiger partial charge in [0.2, 0.25) is 0 Å². The number of esters is 4. The molecule has 5 atom stereocenters. The minimum atomic E-state index is -4.99. The first-order chi connectivity index (χ1) is 47.7. The first kappa shape index (κ1) is 93.2. The Labute approximate surface area is 593 Å². The number of phosphoric ester groups is 2. The minimum Gasteiger partial charge on any atom is -0.462 e. The lowest BCUT2D eigenvalue weighted by atomic mass is 10.1. The predicted molar refractivity (Wildman–Crippen MR) is 399 cm³/mol. The van der Waals surface area contributed by atoms with Crippen LogP contribution in [0.5, 0.6) is 0 Å². The highest BCUT2D eigenvalue weighted by Gasteiger charge is 2.30. The number of phosphoric acid groups is 2. The molecule has 0 saturated carbocycles. The largest absolute Gasteiger partial charge is 0.472 e. The Morgan fingerprint density at radius 3 is 0.837 bits per heavy atom. The van der Waals surface area contributed by atoms with E-state index in [1.165, 1.54) is 0 Å². The lowest BCUT2D eigenvalue weighted by molar-refractivity contribution is -0.161. The number of aliphatic hydroxyl groups excluding tert-OH is 1. The molecule has 0 radical (unpaired) electrons. The smallest absolute Gasteiger partial charge is 0.462 e. The molecule has 0 aliphatic heterocycles.